The molecule has 0 fully saturated rings. The van der Waals surface area contributed by atoms with Crippen molar-refractivity contribution in [1.29, 1.82) is 0 Å². The Labute approximate surface area is 181 Å². The van der Waals surface area contributed by atoms with Crippen LogP contribution in [0.1, 0.15) is 2.85 Å². The maximum Gasteiger partial charge on any atom is 1.00 e. The van der Waals surface area contributed by atoms with Crippen LogP contribution in [0.15, 0.2) is 36.5 Å². The van der Waals surface area contributed by atoms with Gasteiger partial charge in [0.2, 0.25) is 0 Å². The van der Waals surface area contributed by atoms with Crippen molar-refractivity contribution in [2.75, 3.05) is 0 Å². The van der Waals surface area contributed by atoms with Crippen LogP contribution < -0.4 is 59.1 Å². The fourth-order valence-electron chi connectivity index (χ4n) is 0.749. The summed E-state index contributed by atoms with van der Waals surface area (Å²) in [6, 6.07) is 0. The summed E-state index contributed by atoms with van der Waals surface area (Å²) in [4.78, 5) is 63.9. The number of ether oxygens (including phenoxy) is 2. The van der Waals surface area contributed by atoms with Gasteiger partial charge in [-0.3, -0.25) is 0 Å². The molecule has 0 bridgehead atoms. The summed E-state index contributed by atoms with van der Waals surface area (Å²) in [5.74, 6) is -8.07. The second-order valence-electron chi connectivity index (χ2n) is 3.16. The molecule has 0 aromatic heterocycles. The minimum atomic E-state index is -1.43. The Bertz CT molecular complexity index is 561. The molecule has 0 aliphatic rings. The molecule has 0 radical (unpaired) electrons. The molecule has 0 amide bonds. The monoisotopic (exact) mass is 360 g/mol. The zero-order valence-corrected chi connectivity index (χ0v) is 16.6. The van der Waals surface area contributed by atoms with Gasteiger partial charge in [-0.05, 0) is 0 Å². The smallest absolute Gasteiger partial charge is 1.00 e. The Morgan fingerprint density at radius 2 is 0.750 bits per heavy atom. The number of carbonyl (C=O) groups is 6. The van der Waals surface area contributed by atoms with E-state index in [-0.39, 0.29) is 62.0 Å². The van der Waals surface area contributed by atoms with Crippen molar-refractivity contribution in [2.24, 2.45) is 0 Å². The van der Waals surface area contributed by atoms with E-state index >= 15 is 0 Å². The molecule has 10 nitrogen and oxygen atoms in total. The van der Waals surface area contributed by atoms with Gasteiger partial charge in [0.1, 0.15) is 0 Å². The maximum absolute atomic E-state index is 11.0. The quantitative estimate of drug-likeness (QED) is 0.201. The van der Waals surface area contributed by atoms with E-state index in [1.807, 2.05) is 0 Å². The second-order valence-corrected chi connectivity index (χ2v) is 3.16. The summed E-state index contributed by atoms with van der Waals surface area (Å²) < 4.78 is 8.07. The zero-order valence-electron chi connectivity index (χ0n) is 14.6. The van der Waals surface area contributed by atoms with Crippen LogP contribution in [0.2, 0.25) is 0 Å². The van der Waals surface area contributed by atoms with E-state index in [0.717, 1.165) is 0 Å². The van der Waals surface area contributed by atoms with Crippen molar-refractivity contribution in [3.05, 3.63) is 36.5 Å². The van der Waals surface area contributed by atoms with E-state index < -0.39 is 35.8 Å². The summed E-state index contributed by atoms with van der Waals surface area (Å²) in [5, 5.41) is 16.4. The van der Waals surface area contributed by atoms with Gasteiger partial charge in [0.25, 0.3) is 0 Å². The molecule has 0 spiro atoms. The van der Waals surface area contributed by atoms with Crippen molar-refractivity contribution in [2.45, 2.75) is 0 Å². The number of carbonyl (C=O) groups excluding carboxylic acids is 4. The van der Waals surface area contributed by atoms with Gasteiger partial charge >= 0.3 is 94.9 Å². The minimum Gasteiger partial charge on any atom is -1.00 e. The number of hydrogen-bond donors (Lipinski definition) is 2. The van der Waals surface area contributed by atoms with Gasteiger partial charge in [0, 0.05) is 36.5 Å². The van der Waals surface area contributed by atoms with E-state index in [2.05, 4.69) is 9.47 Å². The molecule has 0 unspecified atom stereocenters. The van der Waals surface area contributed by atoms with Crippen molar-refractivity contribution in [3.8, 4) is 0 Å². The first kappa shape index (κ1) is 27.3. The Hall–Kier alpha value is -1.56. The molecule has 0 rings (SSSR count). The van der Waals surface area contributed by atoms with Gasteiger partial charge in [-0.15, -0.1) is 0 Å². The number of carboxylic acids is 2. The molecule has 0 aromatic rings. The van der Waals surface area contributed by atoms with Gasteiger partial charge in [-0.2, -0.15) is 0 Å². The van der Waals surface area contributed by atoms with Gasteiger partial charge < -0.3 is 22.5 Å². The Balaban J connectivity index is -0.000000367. The third kappa shape index (κ3) is 16.8. The third-order valence-electron chi connectivity index (χ3n) is 1.48. The normalized spacial score (nSPS) is 9.83. The van der Waals surface area contributed by atoms with Crippen LogP contribution >= 0.6 is 0 Å². The van der Waals surface area contributed by atoms with E-state index in [9.17, 15) is 28.8 Å². The number of carboxylic acid groups (broad SMARTS) is 2. The molecule has 2 N–H and O–H groups in total. The molecule has 0 aliphatic carbocycles. The van der Waals surface area contributed by atoms with Crippen molar-refractivity contribution >= 4 is 35.8 Å². The molecule has 120 valence electrons. The van der Waals surface area contributed by atoms with Crippen LogP contribution in [-0.4, -0.2) is 46.0 Å². The minimum absolute atomic E-state index is 0. The van der Waals surface area contributed by atoms with Crippen LogP contribution in [0.25, 0.3) is 0 Å². The second kappa shape index (κ2) is 15.0. The molecule has 0 saturated heterocycles. The molecule has 0 heterocycles. The van der Waals surface area contributed by atoms with Crippen molar-refractivity contribution in [1.82, 2.24) is 0 Å². The zero-order chi connectivity index (χ0) is 17.1. The van der Waals surface area contributed by atoms with E-state index in [1.54, 1.807) is 0 Å². The fourth-order valence-corrected chi connectivity index (χ4v) is 0.749. The van der Waals surface area contributed by atoms with Crippen LogP contribution in [0.3, 0.4) is 0 Å². The summed E-state index contributed by atoms with van der Waals surface area (Å²) in [7, 11) is 0. The molecule has 0 aliphatic heterocycles. The fraction of sp³-hybridized carbons (Fsp3) is 0. The van der Waals surface area contributed by atoms with E-state index in [4.69, 9.17) is 10.2 Å². The van der Waals surface area contributed by atoms with Crippen LogP contribution in [0, 0.1) is 0 Å². The van der Waals surface area contributed by atoms with Gasteiger partial charge in [0.15, 0.2) is 0 Å². The maximum atomic E-state index is 11.0. The Morgan fingerprint density at radius 1 is 0.542 bits per heavy atom. The predicted molar refractivity (Wildman–Crippen MR) is 67.1 cm³/mol. The number of rotatable bonds is 6. The molecule has 0 atom stereocenters. The van der Waals surface area contributed by atoms with Gasteiger partial charge in [-0.25, -0.2) is 28.8 Å². The Morgan fingerprint density at radius 3 is 0.958 bits per heavy atom. The first-order valence-electron chi connectivity index (χ1n) is 5.22. The molecule has 12 heteroatoms. The number of aliphatic carboxylic acids is 2. The van der Waals surface area contributed by atoms with Crippen molar-refractivity contribution in [3.63, 3.8) is 0 Å². The van der Waals surface area contributed by atoms with Crippen LogP contribution in [-0.2, 0) is 38.2 Å². The number of hydrogen-bond acceptors (Lipinski definition) is 8. The average molecular weight is 360 g/mol. The SMILES string of the molecule is O=C(O)/C=C/C(=O)OC(=O)/C=C/C(=O)OC(=O)/C=C/C(=O)O.[H-].[H-].[Na+].[Na+]. The van der Waals surface area contributed by atoms with Crippen molar-refractivity contribution < 1.29 is 110 Å². The molecular formula is C12H10Na2O10. The topological polar surface area (TPSA) is 161 Å². The largest absolute Gasteiger partial charge is 1.00 e. The van der Waals surface area contributed by atoms with E-state index in [0.29, 0.717) is 36.5 Å². The predicted octanol–water partition coefficient (Wildman–Crippen LogP) is -6.80. The molecule has 0 aromatic carbocycles. The summed E-state index contributed by atoms with van der Waals surface area (Å²) in [6.07, 6.45) is 2.69. The van der Waals surface area contributed by atoms with Crippen LogP contribution in [0.4, 0.5) is 0 Å². The first-order chi connectivity index (χ1) is 10.2. The number of esters is 4. The third-order valence-corrected chi connectivity index (χ3v) is 1.48. The summed E-state index contributed by atoms with van der Waals surface area (Å²) in [5.41, 5.74) is 0. The van der Waals surface area contributed by atoms with Gasteiger partial charge in [0.05, 0.1) is 0 Å². The van der Waals surface area contributed by atoms with Crippen LogP contribution in [0.5, 0.6) is 0 Å². The standard InChI is InChI=1S/C12H8O10.2Na.2H/c13-7(14)1-3-9(17)21-11(19)5-6-12(20)22-10(18)4-2-8(15)16;;;;/h1-6H,(H,13,14)(H,15,16);;;;/q;2*+1;2*-1/b3-1+,4-2+,6-5+;;;;. The molecular weight excluding hydrogens is 350 g/mol. The van der Waals surface area contributed by atoms with E-state index in [1.165, 1.54) is 0 Å². The molecule has 24 heavy (non-hydrogen) atoms. The summed E-state index contributed by atoms with van der Waals surface area (Å²) >= 11 is 0. The summed E-state index contributed by atoms with van der Waals surface area (Å²) in [6.45, 7) is 0. The Kier molecular flexibility index (Phi) is 17.1. The first-order valence-corrected chi connectivity index (χ1v) is 5.22. The van der Waals surface area contributed by atoms with Gasteiger partial charge in [-0.1, -0.05) is 0 Å². The average Bonchev–Trinajstić information content (AvgIpc) is 2.40. The molecule has 0 saturated carbocycles.